The molecule has 0 spiro atoms. The van der Waals surface area contributed by atoms with Gasteiger partial charge in [-0.25, -0.2) is 9.48 Å². The average Bonchev–Trinajstić information content (AvgIpc) is 2.55. The standard InChI is InChI=1S/C12H20F3N3O/c1-3-4-5-6-7-8-10-16-18(9-12(13,14)15)11(19)17(10)2/h3-9H2,1-2H3. The molecule has 0 amide bonds. The molecule has 7 heteroatoms. The molecule has 0 N–H and O–H groups in total. The highest BCUT2D eigenvalue weighted by atomic mass is 19.4. The molecule has 0 bridgehead atoms. The molecule has 0 aliphatic rings. The number of rotatable bonds is 7. The smallest absolute Gasteiger partial charge is 0.282 e. The van der Waals surface area contributed by atoms with E-state index in [4.69, 9.17) is 0 Å². The largest absolute Gasteiger partial charge is 0.408 e. The van der Waals surface area contributed by atoms with E-state index in [2.05, 4.69) is 12.0 Å². The van der Waals surface area contributed by atoms with E-state index in [0.29, 0.717) is 16.9 Å². The van der Waals surface area contributed by atoms with Crippen LogP contribution in [0.25, 0.3) is 0 Å². The number of hydrogen-bond donors (Lipinski definition) is 0. The molecule has 0 aliphatic carbocycles. The molecule has 0 saturated carbocycles. The third-order valence-corrected chi connectivity index (χ3v) is 2.96. The zero-order valence-electron chi connectivity index (χ0n) is 11.3. The van der Waals surface area contributed by atoms with Crippen molar-refractivity contribution >= 4 is 0 Å². The minimum absolute atomic E-state index is 0.422. The number of halogens is 3. The zero-order chi connectivity index (χ0) is 14.5. The number of unbranched alkanes of at least 4 members (excludes halogenated alkanes) is 4. The maximum absolute atomic E-state index is 12.2. The maximum Gasteiger partial charge on any atom is 0.408 e. The van der Waals surface area contributed by atoms with Gasteiger partial charge in [0.15, 0.2) is 0 Å². The molecule has 0 fully saturated rings. The Morgan fingerprint density at radius 2 is 1.79 bits per heavy atom. The van der Waals surface area contributed by atoms with Crippen molar-refractivity contribution < 1.29 is 13.2 Å². The summed E-state index contributed by atoms with van der Waals surface area (Å²) >= 11 is 0. The summed E-state index contributed by atoms with van der Waals surface area (Å²) in [6.07, 6.45) is 1.37. The third kappa shape index (κ3) is 5.08. The number of hydrogen-bond acceptors (Lipinski definition) is 2. The lowest BCUT2D eigenvalue weighted by Crippen LogP contribution is -2.29. The molecule has 1 aromatic rings. The number of alkyl halides is 3. The van der Waals surface area contributed by atoms with Gasteiger partial charge in [0.05, 0.1) is 0 Å². The lowest BCUT2D eigenvalue weighted by atomic mass is 10.1. The summed E-state index contributed by atoms with van der Waals surface area (Å²) < 4.78 is 38.4. The zero-order valence-corrected chi connectivity index (χ0v) is 11.3. The predicted molar refractivity (Wildman–Crippen MR) is 66.0 cm³/mol. The molecule has 1 rings (SSSR count). The molecule has 0 unspecified atom stereocenters. The topological polar surface area (TPSA) is 39.8 Å². The molecule has 0 saturated heterocycles. The minimum atomic E-state index is -4.42. The Labute approximate surface area is 110 Å². The second-order valence-electron chi connectivity index (χ2n) is 4.69. The van der Waals surface area contributed by atoms with Gasteiger partial charge >= 0.3 is 11.9 Å². The van der Waals surface area contributed by atoms with Gasteiger partial charge in [-0.1, -0.05) is 32.6 Å². The van der Waals surface area contributed by atoms with E-state index >= 15 is 0 Å². The third-order valence-electron chi connectivity index (χ3n) is 2.96. The van der Waals surface area contributed by atoms with Gasteiger partial charge in [0.1, 0.15) is 12.4 Å². The summed E-state index contributed by atoms with van der Waals surface area (Å²) in [4.78, 5) is 11.6. The van der Waals surface area contributed by atoms with Gasteiger partial charge in [-0.05, 0) is 6.42 Å². The van der Waals surface area contributed by atoms with Crippen molar-refractivity contribution in [3.8, 4) is 0 Å². The van der Waals surface area contributed by atoms with Gasteiger partial charge in [-0.2, -0.15) is 18.3 Å². The van der Waals surface area contributed by atoms with Crippen molar-refractivity contribution in [3.63, 3.8) is 0 Å². The lowest BCUT2D eigenvalue weighted by molar-refractivity contribution is -0.143. The molecule has 4 nitrogen and oxygen atoms in total. The van der Waals surface area contributed by atoms with Crippen molar-refractivity contribution in [3.05, 3.63) is 16.3 Å². The Bertz CT molecular complexity index is 448. The Morgan fingerprint density at radius 1 is 1.16 bits per heavy atom. The molecular formula is C12H20F3N3O. The van der Waals surface area contributed by atoms with E-state index in [1.807, 2.05) is 0 Å². The molecular weight excluding hydrogens is 259 g/mol. The van der Waals surface area contributed by atoms with E-state index in [-0.39, 0.29) is 0 Å². The van der Waals surface area contributed by atoms with E-state index < -0.39 is 18.4 Å². The molecule has 1 heterocycles. The number of aromatic nitrogens is 3. The molecule has 0 aromatic carbocycles. The summed E-state index contributed by atoms with van der Waals surface area (Å²) in [7, 11) is 1.46. The van der Waals surface area contributed by atoms with Gasteiger partial charge in [-0.3, -0.25) is 4.57 Å². The van der Waals surface area contributed by atoms with Crippen molar-refractivity contribution in [2.24, 2.45) is 7.05 Å². The van der Waals surface area contributed by atoms with Gasteiger partial charge in [0.25, 0.3) is 0 Å². The van der Waals surface area contributed by atoms with Crippen molar-refractivity contribution in [2.45, 2.75) is 58.2 Å². The summed E-state index contributed by atoms with van der Waals surface area (Å²) in [6, 6.07) is 0. The molecule has 19 heavy (non-hydrogen) atoms. The van der Waals surface area contributed by atoms with Crippen LogP contribution in [0.5, 0.6) is 0 Å². The maximum atomic E-state index is 12.2. The van der Waals surface area contributed by atoms with Crippen molar-refractivity contribution in [1.82, 2.24) is 14.3 Å². The fourth-order valence-corrected chi connectivity index (χ4v) is 1.91. The van der Waals surface area contributed by atoms with E-state index in [1.165, 1.54) is 11.6 Å². The summed E-state index contributed by atoms with van der Waals surface area (Å²) in [5.74, 6) is 0.422. The first-order valence-electron chi connectivity index (χ1n) is 6.54. The highest BCUT2D eigenvalue weighted by Crippen LogP contribution is 2.16. The van der Waals surface area contributed by atoms with Crippen LogP contribution in [0.1, 0.15) is 44.9 Å². The average molecular weight is 279 g/mol. The van der Waals surface area contributed by atoms with Crippen LogP contribution in [0.2, 0.25) is 0 Å². The summed E-state index contributed by atoms with van der Waals surface area (Å²) in [6.45, 7) is 0.790. The SMILES string of the molecule is CCCCCCCc1nn(CC(F)(F)F)c(=O)n1C. The Morgan fingerprint density at radius 3 is 2.37 bits per heavy atom. The molecule has 1 aromatic heterocycles. The first-order valence-corrected chi connectivity index (χ1v) is 6.54. The second-order valence-corrected chi connectivity index (χ2v) is 4.69. The first-order chi connectivity index (χ1) is 8.85. The summed E-state index contributed by atoms with van der Waals surface area (Å²) in [5, 5.41) is 3.76. The van der Waals surface area contributed by atoms with Crippen LogP contribution in [0.3, 0.4) is 0 Å². The highest BCUT2D eigenvalue weighted by molar-refractivity contribution is 4.87. The van der Waals surface area contributed by atoms with Crippen LogP contribution in [0.4, 0.5) is 13.2 Å². The number of aryl methyl sites for hydroxylation is 1. The van der Waals surface area contributed by atoms with Crippen molar-refractivity contribution in [2.75, 3.05) is 0 Å². The van der Waals surface area contributed by atoms with Crippen LogP contribution >= 0.6 is 0 Å². The van der Waals surface area contributed by atoms with Crippen LogP contribution in [-0.4, -0.2) is 20.5 Å². The molecule has 0 radical (unpaired) electrons. The Hall–Kier alpha value is -1.27. The van der Waals surface area contributed by atoms with Crippen LogP contribution in [-0.2, 0) is 20.0 Å². The van der Waals surface area contributed by atoms with E-state index in [0.717, 1.165) is 32.1 Å². The lowest BCUT2D eigenvalue weighted by Gasteiger charge is -2.03. The van der Waals surface area contributed by atoms with E-state index in [9.17, 15) is 18.0 Å². The Kier molecular flexibility index (Phi) is 5.62. The second kappa shape index (κ2) is 6.77. The monoisotopic (exact) mass is 279 g/mol. The fourth-order valence-electron chi connectivity index (χ4n) is 1.91. The van der Waals surface area contributed by atoms with Gasteiger partial charge in [0, 0.05) is 13.5 Å². The van der Waals surface area contributed by atoms with Crippen LogP contribution < -0.4 is 5.69 Å². The molecule has 0 atom stereocenters. The quantitative estimate of drug-likeness (QED) is 0.720. The van der Waals surface area contributed by atoms with Crippen LogP contribution in [0, 0.1) is 0 Å². The summed E-state index contributed by atoms with van der Waals surface area (Å²) in [5.41, 5.74) is -0.708. The minimum Gasteiger partial charge on any atom is -0.282 e. The number of nitrogens with zero attached hydrogens (tertiary/aromatic N) is 3. The first kappa shape index (κ1) is 15.8. The van der Waals surface area contributed by atoms with Gasteiger partial charge in [-0.15, -0.1) is 0 Å². The Balaban J connectivity index is 2.60. The van der Waals surface area contributed by atoms with Crippen LogP contribution in [0.15, 0.2) is 4.79 Å². The highest BCUT2D eigenvalue weighted by Gasteiger charge is 2.30. The normalized spacial score (nSPS) is 12.1. The van der Waals surface area contributed by atoms with Gasteiger partial charge in [0.2, 0.25) is 0 Å². The van der Waals surface area contributed by atoms with Crippen molar-refractivity contribution in [1.29, 1.82) is 0 Å². The predicted octanol–water partition coefficient (Wildman–Crippen LogP) is 2.66. The molecule has 0 aliphatic heterocycles. The molecule has 110 valence electrons. The fraction of sp³-hybridized carbons (Fsp3) is 0.833. The van der Waals surface area contributed by atoms with E-state index in [1.54, 1.807) is 0 Å². The van der Waals surface area contributed by atoms with Gasteiger partial charge < -0.3 is 0 Å².